The van der Waals surface area contributed by atoms with Crippen LogP contribution in [-0.2, 0) is 6.42 Å². The van der Waals surface area contributed by atoms with Gasteiger partial charge in [-0.25, -0.2) is 4.39 Å². The average molecular weight is 491 g/mol. The van der Waals surface area contributed by atoms with Crippen molar-refractivity contribution in [2.75, 3.05) is 39.8 Å². The van der Waals surface area contributed by atoms with Gasteiger partial charge in [-0.2, -0.15) is 0 Å². The monoisotopic (exact) mass is 490 g/mol. The maximum absolute atomic E-state index is 13.5. The molecule has 0 spiro atoms. The predicted molar refractivity (Wildman–Crippen MR) is 135 cm³/mol. The Bertz CT molecular complexity index is 952. The molecule has 1 aliphatic carbocycles. The van der Waals surface area contributed by atoms with Gasteiger partial charge in [-0.15, -0.1) is 0 Å². The molecule has 0 bridgehead atoms. The van der Waals surface area contributed by atoms with Crippen molar-refractivity contribution < 1.29 is 9.50 Å². The van der Waals surface area contributed by atoms with Crippen molar-refractivity contribution in [3.8, 4) is 0 Å². The molecule has 2 atom stereocenters. The standard InChI is InChI=1S/C27H33Cl2FN2O/c1-31-13-15-32(16-14-31)19-22-6-3-2-5-21(17-20-9-11-23(30)12-10-20)27(22,33)18-24-25(28)7-4-8-26(24)29/h4,7-12,17,22,33H,2-3,5-6,13-16,18-19H2,1H3/b21-17-. The highest BCUT2D eigenvalue weighted by atomic mass is 35.5. The fraction of sp³-hybridized carbons (Fsp3) is 0.481. The van der Waals surface area contributed by atoms with Crippen LogP contribution in [0.1, 0.15) is 36.8 Å². The molecule has 4 rings (SSSR count). The summed E-state index contributed by atoms with van der Waals surface area (Å²) in [7, 11) is 2.16. The number of hydrogen-bond donors (Lipinski definition) is 1. The van der Waals surface area contributed by atoms with Gasteiger partial charge in [-0.05, 0) is 67.3 Å². The third kappa shape index (κ3) is 5.98. The number of piperazine rings is 1. The van der Waals surface area contributed by atoms with Gasteiger partial charge in [0, 0.05) is 55.1 Å². The summed E-state index contributed by atoms with van der Waals surface area (Å²) in [6.07, 6.45) is 6.26. The minimum atomic E-state index is -1.08. The van der Waals surface area contributed by atoms with Gasteiger partial charge in [0.15, 0.2) is 0 Å². The van der Waals surface area contributed by atoms with Gasteiger partial charge < -0.3 is 14.9 Å². The van der Waals surface area contributed by atoms with Crippen LogP contribution in [0.3, 0.4) is 0 Å². The molecule has 1 heterocycles. The van der Waals surface area contributed by atoms with E-state index in [2.05, 4.69) is 16.8 Å². The molecule has 2 aromatic carbocycles. The van der Waals surface area contributed by atoms with E-state index in [0.717, 1.165) is 75.1 Å². The zero-order chi connectivity index (χ0) is 23.4. The Morgan fingerprint density at radius 3 is 2.36 bits per heavy atom. The number of rotatable bonds is 5. The zero-order valence-electron chi connectivity index (χ0n) is 19.2. The van der Waals surface area contributed by atoms with E-state index >= 15 is 0 Å². The molecule has 2 unspecified atom stereocenters. The SMILES string of the molecule is CN1CCN(CC2CCCC/C(=C/c3ccc(F)cc3)C2(O)Cc2c(Cl)cccc2Cl)CC1. The highest BCUT2D eigenvalue weighted by Gasteiger charge is 2.43. The fourth-order valence-corrected chi connectivity index (χ4v) is 5.73. The van der Waals surface area contributed by atoms with E-state index in [-0.39, 0.29) is 11.7 Å². The smallest absolute Gasteiger partial charge is 0.123 e. The van der Waals surface area contributed by atoms with Crippen molar-refractivity contribution >= 4 is 29.3 Å². The first-order chi connectivity index (χ1) is 15.8. The molecule has 2 aromatic rings. The Kier molecular flexibility index (Phi) is 8.14. The van der Waals surface area contributed by atoms with Gasteiger partial charge >= 0.3 is 0 Å². The largest absolute Gasteiger partial charge is 0.385 e. The second-order valence-corrected chi connectivity index (χ2v) is 10.4. The van der Waals surface area contributed by atoms with E-state index in [1.807, 2.05) is 24.3 Å². The van der Waals surface area contributed by atoms with E-state index in [1.165, 1.54) is 12.1 Å². The van der Waals surface area contributed by atoms with Crippen molar-refractivity contribution in [1.29, 1.82) is 0 Å². The lowest BCUT2D eigenvalue weighted by Crippen LogP contribution is -2.51. The molecule has 6 heteroatoms. The van der Waals surface area contributed by atoms with Gasteiger partial charge in [0.05, 0.1) is 5.60 Å². The fourth-order valence-electron chi connectivity index (χ4n) is 5.19. The molecule has 33 heavy (non-hydrogen) atoms. The second kappa shape index (κ2) is 10.9. The first-order valence-electron chi connectivity index (χ1n) is 11.9. The van der Waals surface area contributed by atoms with Crippen molar-refractivity contribution in [2.45, 2.75) is 37.7 Å². The molecule has 0 aromatic heterocycles. The van der Waals surface area contributed by atoms with Gasteiger partial charge in [0.2, 0.25) is 0 Å². The summed E-state index contributed by atoms with van der Waals surface area (Å²) < 4.78 is 13.5. The van der Waals surface area contributed by atoms with Crippen LogP contribution in [0.25, 0.3) is 6.08 Å². The summed E-state index contributed by atoms with van der Waals surface area (Å²) in [4.78, 5) is 4.82. The zero-order valence-corrected chi connectivity index (χ0v) is 20.8. The Morgan fingerprint density at radius 1 is 1.03 bits per heavy atom. The van der Waals surface area contributed by atoms with Crippen LogP contribution in [-0.4, -0.2) is 60.3 Å². The molecule has 1 saturated carbocycles. The van der Waals surface area contributed by atoms with Crippen LogP contribution in [0, 0.1) is 11.7 Å². The number of halogens is 3. The van der Waals surface area contributed by atoms with E-state index in [9.17, 15) is 9.50 Å². The summed E-state index contributed by atoms with van der Waals surface area (Å²) in [5, 5.41) is 13.6. The minimum absolute atomic E-state index is 0.0578. The van der Waals surface area contributed by atoms with Crippen LogP contribution in [0.4, 0.5) is 4.39 Å². The van der Waals surface area contributed by atoms with Crippen LogP contribution >= 0.6 is 23.2 Å². The Hall–Kier alpha value is -1.43. The molecular formula is C27H33Cl2FN2O. The van der Waals surface area contributed by atoms with Crippen LogP contribution in [0.15, 0.2) is 48.0 Å². The average Bonchev–Trinajstić information content (AvgIpc) is 2.93. The van der Waals surface area contributed by atoms with E-state index in [0.29, 0.717) is 16.5 Å². The lowest BCUT2D eigenvalue weighted by molar-refractivity contribution is -0.00640. The van der Waals surface area contributed by atoms with Crippen molar-refractivity contribution in [2.24, 2.45) is 5.92 Å². The molecule has 3 nitrogen and oxygen atoms in total. The first kappa shape index (κ1) is 24.7. The molecule has 178 valence electrons. The Morgan fingerprint density at radius 2 is 1.70 bits per heavy atom. The van der Waals surface area contributed by atoms with Crippen molar-refractivity contribution in [3.05, 3.63) is 75.0 Å². The van der Waals surface area contributed by atoms with Crippen LogP contribution < -0.4 is 0 Å². The maximum Gasteiger partial charge on any atom is 0.123 e. The molecular weight excluding hydrogens is 458 g/mol. The molecule has 1 N–H and O–H groups in total. The van der Waals surface area contributed by atoms with E-state index < -0.39 is 5.60 Å². The molecule has 2 aliphatic rings. The number of benzene rings is 2. The third-order valence-electron chi connectivity index (χ3n) is 7.27. The Balaban J connectivity index is 1.72. The summed E-state index contributed by atoms with van der Waals surface area (Å²) in [5.41, 5.74) is 1.60. The molecule has 1 saturated heterocycles. The van der Waals surface area contributed by atoms with Crippen LogP contribution in [0.2, 0.25) is 10.0 Å². The lowest BCUT2D eigenvalue weighted by atomic mass is 9.74. The summed E-state index contributed by atoms with van der Waals surface area (Å²) in [6, 6.07) is 12.0. The highest BCUT2D eigenvalue weighted by Crippen LogP contribution is 2.43. The predicted octanol–water partition coefficient (Wildman–Crippen LogP) is 5.93. The summed E-state index contributed by atoms with van der Waals surface area (Å²) in [5.74, 6) is -0.202. The van der Waals surface area contributed by atoms with E-state index in [1.54, 1.807) is 12.1 Å². The number of hydrogen-bond acceptors (Lipinski definition) is 3. The second-order valence-electron chi connectivity index (χ2n) is 9.57. The summed E-state index contributed by atoms with van der Waals surface area (Å²) >= 11 is 13.1. The minimum Gasteiger partial charge on any atom is -0.385 e. The molecule has 2 fully saturated rings. The van der Waals surface area contributed by atoms with Crippen molar-refractivity contribution in [3.63, 3.8) is 0 Å². The molecule has 0 radical (unpaired) electrons. The number of aliphatic hydroxyl groups is 1. The van der Waals surface area contributed by atoms with Gasteiger partial charge in [0.1, 0.15) is 5.82 Å². The lowest BCUT2D eigenvalue weighted by Gasteiger charge is -2.42. The summed E-state index contributed by atoms with van der Waals surface area (Å²) in [6.45, 7) is 4.94. The normalized spacial score (nSPS) is 26.5. The van der Waals surface area contributed by atoms with Gasteiger partial charge in [-0.3, -0.25) is 0 Å². The molecule has 1 aliphatic heterocycles. The van der Waals surface area contributed by atoms with E-state index in [4.69, 9.17) is 23.2 Å². The maximum atomic E-state index is 13.5. The van der Waals surface area contributed by atoms with Gasteiger partial charge in [-0.1, -0.05) is 53.9 Å². The topological polar surface area (TPSA) is 26.7 Å². The van der Waals surface area contributed by atoms with Crippen molar-refractivity contribution in [1.82, 2.24) is 9.80 Å². The third-order valence-corrected chi connectivity index (χ3v) is 7.98. The quantitative estimate of drug-likeness (QED) is 0.526. The van der Waals surface area contributed by atoms with Gasteiger partial charge in [0.25, 0.3) is 0 Å². The first-order valence-corrected chi connectivity index (χ1v) is 12.6. The van der Waals surface area contributed by atoms with Crippen LogP contribution in [0.5, 0.6) is 0 Å². The highest BCUT2D eigenvalue weighted by molar-refractivity contribution is 6.36. The number of nitrogens with zero attached hydrogens (tertiary/aromatic N) is 2. The Labute approximate surface area is 206 Å². The number of likely N-dealkylation sites (N-methyl/N-ethyl adjacent to an activating group) is 1. The molecule has 0 amide bonds.